The van der Waals surface area contributed by atoms with E-state index in [1.54, 1.807) is 25.1 Å². The molecule has 1 aliphatic heterocycles. The molecule has 11 heteroatoms. The van der Waals surface area contributed by atoms with Gasteiger partial charge in [-0.25, -0.2) is 0 Å². The summed E-state index contributed by atoms with van der Waals surface area (Å²) >= 11 is 6.25. The second-order valence-electron chi connectivity index (χ2n) is 7.77. The monoisotopic (exact) mass is 514 g/mol. The maximum Gasteiger partial charge on any atom is 0.301 e. The number of ketones is 1. The number of aliphatic hydroxyl groups excluding tert-OH is 1. The summed E-state index contributed by atoms with van der Waals surface area (Å²) in [6.07, 6.45) is 0. The lowest BCUT2D eigenvalue weighted by Gasteiger charge is -2.24. The number of nitrogens with zero attached hydrogens (tertiary/aromatic N) is 2. The lowest BCUT2D eigenvalue weighted by molar-refractivity contribution is -0.132. The molecule has 2 aromatic carbocycles. The highest BCUT2D eigenvalue weighted by Crippen LogP contribution is 2.47. The number of ether oxygens (including phenoxy) is 4. The van der Waals surface area contributed by atoms with Crippen molar-refractivity contribution < 1.29 is 38.2 Å². The predicted octanol–water partition coefficient (Wildman–Crippen LogP) is 4.30. The Bertz CT molecular complexity index is 1360. The van der Waals surface area contributed by atoms with Crippen molar-refractivity contribution in [3.8, 4) is 23.0 Å². The lowest BCUT2D eigenvalue weighted by Crippen LogP contribution is -2.29. The molecule has 1 saturated heterocycles. The van der Waals surface area contributed by atoms with Gasteiger partial charge in [0, 0.05) is 11.6 Å². The SMILES string of the molecule is COc1ccc(/C(O)=C2\C(=O)C(=O)N(c3cc(C)on3)[C@@H]2c2cc(OC)c(OC)c(OC)c2)cc1Cl. The van der Waals surface area contributed by atoms with E-state index in [1.807, 2.05) is 0 Å². The van der Waals surface area contributed by atoms with Crippen molar-refractivity contribution in [2.75, 3.05) is 33.3 Å². The molecule has 36 heavy (non-hydrogen) atoms. The molecular weight excluding hydrogens is 492 g/mol. The summed E-state index contributed by atoms with van der Waals surface area (Å²) in [5, 5.41) is 15.4. The third kappa shape index (κ3) is 4.09. The van der Waals surface area contributed by atoms with Crippen LogP contribution in [0.25, 0.3) is 5.76 Å². The quantitative estimate of drug-likeness (QED) is 0.279. The minimum atomic E-state index is -1.11. The van der Waals surface area contributed by atoms with Crippen molar-refractivity contribution in [3.63, 3.8) is 0 Å². The number of hydrogen-bond acceptors (Lipinski definition) is 9. The number of anilines is 1. The summed E-state index contributed by atoms with van der Waals surface area (Å²) < 4.78 is 26.6. The highest BCUT2D eigenvalue weighted by atomic mass is 35.5. The molecule has 4 rings (SSSR count). The van der Waals surface area contributed by atoms with Crippen molar-refractivity contribution in [2.24, 2.45) is 0 Å². The lowest BCUT2D eigenvalue weighted by atomic mass is 9.94. The number of aryl methyl sites for hydroxylation is 1. The molecular formula is C25H23ClN2O8. The van der Waals surface area contributed by atoms with Crippen molar-refractivity contribution >= 4 is 34.9 Å². The summed E-state index contributed by atoms with van der Waals surface area (Å²) in [5.41, 5.74) is 0.425. The Labute approximate surface area is 211 Å². The predicted molar refractivity (Wildman–Crippen MR) is 130 cm³/mol. The number of methoxy groups -OCH3 is 4. The first-order valence-corrected chi connectivity index (χ1v) is 11.0. The molecule has 2 heterocycles. The van der Waals surface area contributed by atoms with Gasteiger partial charge in [0.15, 0.2) is 17.3 Å². The van der Waals surface area contributed by atoms with Crippen LogP contribution in [0.3, 0.4) is 0 Å². The number of benzene rings is 2. The molecule has 1 amide bonds. The zero-order valence-electron chi connectivity index (χ0n) is 20.1. The average Bonchev–Trinajstić information content (AvgIpc) is 3.42. The molecule has 0 radical (unpaired) electrons. The molecule has 0 aliphatic carbocycles. The highest BCUT2D eigenvalue weighted by Gasteiger charge is 2.48. The molecule has 3 aromatic rings. The van der Waals surface area contributed by atoms with Gasteiger partial charge in [-0.15, -0.1) is 0 Å². The van der Waals surface area contributed by atoms with Crippen LogP contribution in [-0.2, 0) is 9.59 Å². The van der Waals surface area contributed by atoms with E-state index in [1.165, 1.54) is 46.6 Å². The van der Waals surface area contributed by atoms with Crippen LogP contribution in [0, 0.1) is 6.92 Å². The fourth-order valence-electron chi connectivity index (χ4n) is 4.08. The van der Waals surface area contributed by atoms with Crippen LogP contribution < -0.4 is 23.8 Å². The fourth-order valence-corrected chi connectivity index (χ4v) is 4.34. The van der Waals surface area contributed by atoms with Gasteiger partial charge in [0.05, 0.1) is 45.1 Å². The molecule has 1 N–H and O–H groups in total. The fraction of sp³-hybridized carbons (Fsp3) is 0.240. The van der Waals surface area contributed by atoms with E-state index >= 15 is 0 Å². The van der Waals surface area contributed by atoms with Crippen molar-refractivity contribution in [3.05, 3.63) is 63.9 Å². The number of halogens is 1. The average molecular weight is 515 g/mol. The van der Waals surface area contributed by atoms with Gasteiger partial charge in [-0.3, -0.25) is 14.5 Å². The van der Waals surface area contributed by atoms with E-state index in [0.29, 0.717) is 34.3 Å². The molecule has 188 valence electrons. The third-order valence-corrected chi connectivity index (χ3v) is 6.03. The number of rotatable bonds is 7. The number of amides is 1. The van der Waals surface area contributed by atoms with Gasteiger partial charge in [0.2, 0.25) is 5.75 Å². The minimum absolute atomic E-state index is 0.0974. The standard InChI is InChI=1S/C25H23ClN2O8/c1-12-8-19(27-36-12)28-21(14-10-17(33-3)24(35-5)18(11-14)34-4)20(23(30)25(28)31)22(29)13-6-7-16(32-2)15(26)9-13/h6-11,21,29H,1-5H3/b22-20+/t21-/m1/s1. The molecule has 1 fully saturated rings. The maximum atomic E-state index is 13.3. The van der Waals surface area contributed by atoms with Gasteiger partial charge in [0.1, 0.15) is 17.3 Å². The van der Waals surface area contributed by atoms with Crippen LogP contribution in [0.2, 0.25) is 5.02 Å². The number of aromatic nitrogens is 1. The molecule has 1 atom stereocenters. The van der Waals surface area contributed by atoms with Gasteiger partial charge < -0.3 is 28.6 Å². The van der Waals surface area contributed by atoms with Crippen LogP contribution in [-0.4, -0.2) is 50.4 Å². The van der Waals surface area contributed by atoms with E-state index < -0.39 is 23.5 Å². The number of hydrogen-bond donors (Lipinski definition) is 1. The van der Waals surface area contributed by atoms with Crippen molar-refractivity contribution in [1.29, 1.82) is 0 Å². The Morgan fingerprint density at radius 2 is 1.61 bits per heavy atom. The highest BCUT2D eigenvalue weighted by molar-refractivity contribution is 6.51. The first-order chi connectivity index (χ1) is 17.2. The van der Waals surface area contributed by atoms with Crippen molar-refractivity contribution in [2.45, 2.75) is 13.0 Å². The Kier molecular flexibility index (Phi) is 6.80. The van der Waals surface area contributed by atoms with E-state index in [-0.39, 0.29) is 22.0 Å². The summed E-state index contributed by atoms with van der Waals surface area (Å²) in [6.45, 7) is 1.65. The van der Waals surface area contributed by atoms with E-state index in [9.17, 15) is 14.7 Å². The molecule has 0 saturated carbocycles. The van der Waals surface area contributed by atoms with Crippen LogP contribution in [0.4, 0.5) is 5.82 Å². The zero-order valence-corrected chi connectivity index (χ0v) is 20.9. The number of carbonyl (C=O) groups excluding carboxylic acids is 2. The maximum absolute atomic E-state index is 13.3. The normalized spacial score (nSPS) is 16.8. The van der Waals surface area contributed by atoms with E-state index in [2.05, 4.69) is 5.16 Å². The van der Waals surface area contributed by atoms with Crippen molar-refractivity contribution in [1.82, 2.24) is 5.16 Å². The third-order valence-electron chi connectivity index (χ3n) is 5.73. The van der Waals surface area contributed by atoms with Crippen LogP contribution in [0.15, 0.2) is 46.5 Å². The van der Waals surface area contributed by atoms with Crippen LogP contribution >= 0.6 is 11.6 Å². The molecule has 0 spiro atoms. The topological polar surface area (TPSA) is 121 Å². The molecule has 1 aromatic heterocycles. The van der Waals surface area contributed by atoms with Crippen LogP contribution in [0.5, 0.6) is 23.0 Å². The molecule has 10 nitrogen and oxygen atoms in total. The number of carbonyl (C=O) groups is 2. The Hall–Kier alpha value is -4.18. The molecule has 0 bridgehead atoms. The van der Waals surface area contributed by atoms with Gasteiger partial charge in [-0.1, -0.05) is 16.8 Å². The second kappa shape index (κ2) is 9.82. The van der Waals surface area contributed by atoms with E-state index in [0.717, 1.165) is 4.90 Å². The largest absolute Gasteiger partial charge is 0.507 e. The second-order valence-corrected chi connectivity index (χ2v) is 8.18. The smallest absolute Gasteiger partial charge is 0.301 e. The van der Waals surface area contributed by atoms with Gasteiger partial charge >= 0.3 is 5.91 Å². The van der Waals surface area contributed by atoms with Crippen LogP contribution in [0.1, 0.15) is 22.9 Å². The van der Waals surface area contributed by atoms with Gasteiger partial charge in [-0.2, -0.15) is 0 Å². The Morgan fingerprint density at radius 1 is 0.972 bits per heavy atom. The first kappa shape index (κ1) is 24.9. The van der Waals surface area contributed by atoms with E-state index in [4.69, 9.17) is 35.1 Å². The number of aliphatic hydroxyl groups is 1. The summed E-state index contributed by atoms with van der Waals surface area (Å²) in [6, 6.07) is 8.10. The Morgan fingerprint density at radius 3 is 2.11 bits per heavy atom. The minimum Gasteiger partial charge on any atom is -0.507 e. The van der Waals surface area contributed by atoms with Gasteiger partial charge in [-0.05, 0) is 42.8 Å². The number of Topliss-reactive ketones (excluding diaryl/α,β-unsaturated/α-hetero) is 1. The summed E-state index contributed by atoms with van der Waals surface area (Å²) in [7, 11) is 5.80. The molecule has 0 unspecified atom stereocenters. The zero-order chi connectivity index (χ0) is 26.1. The summed E-state index contributed by atoms with van der Waals surface area (Å²) in [5.74, 6) is -0.436. The first-order valence-electron chi connectivity index (χ1n) is 10.6. The Balaban J connectivity index is 2.00. The van der Waals surface area contributed by atoms with Gasteiger partial charge in [0.25, 0.3) is 5.78 Å². The summed E-state index contributed by atoms with van der Waals surface area (Å²) in [4.78, 5) is 27.7. The molecule has 1 aliphatic rings.